The van der Waals surface area contributed by atoms with Crippen molar-refractivity contribution in [3.05, 3.63) is 59.6 Å². The average Bonchev–Trinajstić information content (AvgIpc) is 3.29. The monoisotopic (exact) mass is 410 g/mol. The third kappa shape index (κ3) is 3.88. The van der Waals surface area contributed by atoms with E-state index in [0.29, 0.717) is 5.13 Å². The third-order valence-corrected chi connectivity index (χ3v) is 5.87. The normalized spacial score (nSPS) is 10.9. The number of carbonyl (C=O) groups excluding carboxylic acids is 1. The van der Waals surface area contributed by atoms with Crippen LogP contribution in [0.1, 0.15) is 5.69 Å². The van der Waals surface area contributed by atoms with Crippen molar-refractivity contribution in [1.29, 1.82) is 0 Å². The van der Waals surface area contributed by atoms with Gasteiger partial charge in [-0.05, 0) is 43.3 Å². The lowest BCUT2D eigenvalue weighted by molar-refractivity contribution is -0.113. The second-order valence-corrected chi connectivity index (χ2v) is 7.85. The number of thiazole rings is 1. The summed E-state index contributed by atoms with van der Waals surface area (Å²) in [5.41, 5.74) is 3.74. The molecule has 2 aromatic carbocycles. The van der Waals surface area contributed by atoms with Crippen LogP contribution >= 0.6 is 23.1 Å². The first kappa shape index (κ1) is 18.5. The van der Waals surface area contributed by atoms with Crippen LogP contribution in [0.3, 0.4) is 0 Å². The Morgan fingerprint density at radius 3 is 2.68 bits per heavy atom. The third-order valence-electron chi connectivity index (χ3n) is 4.06. The van der Waals surface area contributed by atoms with Crippen molar-refractivity contribution in [2.24, 2.45) is 0 Å². The predicted molar refractivity (Wildman–Crippen MR) is 114 cm³/mol. The van der Waals surface area contributed by atoms with E-state index in [9.17, 15) is 4.79 Å². The van der Waals surface area contributed by atoms with Gasteiger partial charge in [0.05, 0.1) is 29.6 Å². The number of fused-ring (bicyclic) bond motifs is 1. The van der Waals surface area contributed by atoms with Crippen LogP contribution in [0.5, 0.6) is 5.75 Å². The van der Waals surface area contributed by atoms with Gasteiger partial charge in [-0.1, -0.05) is 23.9 Å². The Bertz CT molecular complexity index is 1120. The summed E-state index contributed by atoms with van der Waals surface area (Å²) in [5, 5.41) is 6.12. The number of aromatic nitrogens is 3. The lowest BCUT2D eigenvalue weighted by Crippen LogP contribution is -2.14. The van der Waals surface area contributed by atoms with Crippen molar-refractivity contribution in [2.45, 2.75) is 12.1 Å². The first-order valence-electron chi connectivity index (χ1n) is 8.61. The first-order valence-corrected chi connectivity index (χ1v) is 10.5. The number of methoxy groups -OCH3 is 1. The maximum atomic E-state index is 12.3. The summed E-state index contributed by atoms with van der Waals surface area (Å²) < 4.78 is 7.31. The molecular formula is C20H18N4O2S2. The Kier molecular flexibility index (Phi) is 5.31. The summed E-state index contributed by atoms with van der Waals surface area (Å²) in [6, 6.07) is 15.7. The lowest BCUT2D eigenvalue weighted by atomic mass is 10.2. The number of rotatable bonds is 6. The van der Waals surface area contributed by atoms with Crippen molar-refractivity contribution < 1.29 is 9.53 Å². The number of hydrogen-bond donors (Lipinski definition) is 1. The number of para-hydroxylation sites is 2. The zero-order valence-electron chi connectivity index (χ0n) is 15.4. The van der Waals surface area contributed by atoms with E-state index < -0.39 is 0 Å². The number of carbonyl (C=O) groups is 1. The van der Waals surface area contributed by atoms with Crippen LogP contribution in [0.25, 0.3) is 16.7 Å². The van der Waals surface area contributed by atoms with E-state index in [1.807, 2.05) is 60.8 Å². The predicted octanol–water partition coefficient (Wildman–Crippen LogP) is 4.53. The summed E-state index contributed by atoms with van der Waals surface area (Å²) >= 11 is 2.82. The number of aryl methyl sites for hydroxylation is 1. The number of thioether (sulfide) groups is 1. The molecule has 1 amide bonds. The molecule has 0 unspecified atom stereocenters. The highest BCUT2D eigenvalue weighted by Crippen LogP contribution is 2.29. The molecule has 0 atom stereocenters. The van der Waals surface area contributed by atoms with E-state index in [4.69, 9.17) is 9.72 Å². The number of hydrogen-bond acceptors (Lipinski definition) is 6. The van der Waals surface area contributed by atoms with Crippen LogP contribution in [0.4, 0.5) is 5.13 Å². The van der Waals surface area contributed by atoms with Gasteiger partial charge in [-0.25, -0.2) is 9.97 Å². The summed E-state index contributed by atoms with van der Waals surface area (Å²) in [5.74, 6) is 0.936. The average molecular weight is 411 g/mol. The topological polar surface area (TPSA) is 69.0 Å². The zero-order chi connectivity index (χ0) is 19.5. The van der Waals surface area contributed by atoms with Gasteiger partial charge in [-0.2, -0.15) is 0 Å². The van der Waals surface area contributed by atoms with E-state index in [2.05, 4.69) is 14.9 Å². The molecule has 0 aliphatic carbocycles. The van der Waals surface area contributed by atoms with Gasteiger partial charge in [0.15, 0.2) is 10.3 Å². The molecule has 28 heavy (non-hydrogen) atoms. The number of ether oxygens (including phenoxy) is 1. The van der Waals surface area contributed by atoms with Crippen molar-refractivity contribution in [3.8, 4) is 11.4 Å². The van der Waals surface area contributed by atoms with E-state index >= 15 is 0 Å². The van der Waals surface area contributed by atoms with Crippen LogP contribution in [-0.4, -0.2) is 33.3 Å². The van der Waals surface area contributed by atoms with Crippen LogP contribution in [0.2, 0.25) is 0 Å². The molecule has 0 spiro atoms. The number of nitrogens with one attached hydrogen (secondary N) is 1. The molecule has 6 nitrogen and oxygen atoms in total. The van der Waals surface area contributed by atoms with Gasteiger partial charge in [0, 0.05) is 11.1 Å². The van der Waals surface area contributed by atoms with Crippen molar-refractivity contribution in [1.82, 2.24) is 14.5 Å². The molecule has 0 aliphatic heterocycles. The standard InChI is InChI=1S/C20H18N4O2S2/c1-13-11-27-19(21-13)23-18(25)12-28-20-22-16-5-3-4-6-17(16)24(20)14-7-9-15(26-2)10-8-14/h3-11H,12H2,1-2H3,(H,21,23,25). The van der Waals surface area contributed by atoms with Crippen molar-refractivity contribution >= 4 is 45.2 Å². The van der Waals surface area contributed by atoms with Gasteiger partial charge >= 0.3 is 0 Å². The van der Waals surface area contributed by atoms with Crippen molar-refractivity contribution in [3.63, 3.8) is 0 Å². The van der Waals surface area contributed by atoms with Crippen LogP contribution in [0.15, 0.2) is 59.1 Å². The number of imidazole rings is 1. The van der Waals surface area contributed by atoms with Crippen LogP contribution in [-0.2, 0) is 4.79 Å². The molecule has 0 bridgehead atoms. The molecule has 2 heterocycles. The largest absolute Gasteiger partial charge is 0.497 e. The van der Waals surface area contributed by atoms with E-state index in [1.54, 1.807) is 7.11 Å². The fourth-order valence-electron chi connectivity index (χ4n) is 2.78. The molecule has 0 saturated carbocycles. The minimum absolute atomic E-state index is 0.104. The Hall–Kier alpha value is -2.84. The molecule has 142 valence electrons. The molecule has 8 heteroatoms. The minimum Gasteiger partial charge on any atom is -0.497 e. The van der Waals surface area contributed by atoms with E-state index in [1.165, 1.54) is 23.1 Å². The number of amides is 1. The number of nitrogens with zero attached hydrogens (tertiary/aromatic N) is 3. The highest BCUT2D eigenvalue weighted by atomic mass is 32.2. The zero-order valence-corrected chi connectivity index (χ0v) is 17.0. The maximum Gasteiger partial charge on any atom is 0.236 e. The Morgan fingerprint density at radius 2 is 1.96 bits per heavy atom. The molecular weight excluding hydrogens is 392 g/mol. The summed E-state index contributed by atoms with van der Waals surface area (Å²) in [4.78, 5) is 21.3. The summed E-state index contributed by atoms with van der Waals surface area (Å²) in [7, 11) is 1.64. The highest BCUT2D eigenvalue weighted by molar-refractivity contribution is 7.99. The second kappa shape index (κ2) is 8.04. The lowest BCUT2D eigenvalue weighted by Gasteiger charge is -2.10. The SMILES string of the molecule is COc1ccc(-n2c(SCC(=O)Nc3nc(C)cs3)nc3ccccc32)cc1. The Labute approximate surface area is 170 Å². The quantitative estimate of drug-likeness (QED) is 0.473. The number of anilines is 1. The molecule has 1 N–H and O–H groups in total. The van der Waals surface area contributed by atoms with Crippen LogP contribution < -0.4 is 10.1 Å². The molecule has 0 radical (unpaired) electrons. The summed E-state index contributed by atoms with van der Waals surface area (Å²) in [6.45, 7) is 1.90. The Morgan fingerprint density at radius 1 is 1.18 bits per heavy atom. The smallest absolute Gasteiger partial charge is 0.236 e. The van der Waals surface area contributed by atoms with Gasteiger partial charge in [-0.3, -0.25) is 9.36 Å². The molecule has 0 aliphatic rings. The summed E-state index contributed by atoms with van der Waals surface area (Å²) in [6.07, 6.45) is 0. The maximum absolute atomic E-state index is 12.3. The molecule has 0 saturated heterocycles. The molecule has 4 rings (SSSR count). The van der Waals surface area contributed by atoms with Gasteiger partial charge in [0.1, 0.15) is 5.75 Å². The highest BCUT2D eigenvalue weighted by Gasteiger charge is 2.15. The van der Waals surface area contributed by atoms with E-state index in [0.717, 1.165) is 33.3 Å². The number of benzene rings is 2. The second-order valence-electron chi connectivity index (χ2n) is 6.05. The Balaban J connectivity index is 1.60. The first-order chi connectivity index (χ1) is 13.6. The minimum atomic E-state index is -0.104. The van der Waals surface area contributed by atoms with Gasteiger partial charge in [0.2, 0.25) is 5.91 Å². The van der Waals surface area contributed by atoms with Crippen molar-refractivity contribution in [2.75, 3.05) is 18.2 Å². The van der Waals surface area contributed by atoms with Gasteiger partial charge < -0.3 is 10.1 Å². The van der Waals surface area contributed by atoms with Crippen LogP contribution in [0, 0.1) is 6.92 Å². The van der Waals surface area contributed by atoms with E-state index in [-0.39, 0.29) is 11.7 Å². The van der Waals surface area contributed by atoms with Gasteiger partial charge in [-0.15, -0.1) is 11.3 Å². The van der Waals surface area contributed by atoms with Gasteiger partial charge in [0.25, 0.3) is 0 Å². The molecule has 4 aromatic rings. The fourth-order valence-corrected chi connectivity index (χ4v) is 4.31. The fraction of sp³-hybridized carbons (Fsp3) is 0.150. The molecule has 2 aromatic heterocycles. The molecule has 0 fully saturated rings.